The second-order valence-electron chi connectivity index (χ2n) is 5.50. The number of hydrogen-bond donors (Lipinski definition) is 0. The molecule has 106 valence electrons. The molecule has 0 amide bonds. The lowest BCUT2D eigenvalue weighted by molar-refractivity contribution is -0.203. The molecule has 1 aromatic carbocycles. The zero-order valence-electron chi connectivity index (χ0n) is 12.0. The van der Waals surface area contributed by atoms with Crippen molar-refractivity contribution in [1.29, 1.82) is 0 Å². The molecular weight excluding hydrogens is 236 g/mol. The minimum absolute atomic E-state index is 0.0453. The van der Waals surface area contributed by atoms with E-state index in [4.69, 9.17) is 9.47 Å². The molecule has 0 atom stereocenters. The van der Waals surface area contributed by atoms with E-state index in [-0.39, 0.29) is 6.29 Å². The van der Waals surface area contributed by atoms with Gasteiger partial charge in [0.2, 0.25) is 0 Å². The molecule has 1 aliphatic heterocycles. The van der Waals surface area contributed by atoms with Crippen molar-refractivity contribution in [3.05, 3.63) is 35.9 Å². The number of benzene rings is 1. The highest BCUT2D eigenvalue weighted by Crippen LogP contribution is 2.19. The van der Waals surface area contributed by atoms with Crippen LogP contribution in [0.3, 0.4) is 0 Å². The predicted octanol–water partition coefficient (Wildman–Crippen LogP) is 4.19. The molecule has 1 fully saturated rings. The normalized spacial score (nSPS) is 23.4. The Balaban J connectivity index is 1.62. The van der Waals surface area contributed by atoms with Crippen LogP contribution in [0, 0.1) is 5.92 Å². The molecule has 0 saturated carbocycles. The van der Waals surface area contributed by atoms with Crippen LogP contribution >= 0.6 is 0 Å². The molecule has 1 aromatic rings. The van der Waals surface area contributed by atoms with Crippen molar-refractivity contribution in [2.45, 2.75) is 51.7 Å². The van der Waals surface area contributed by atoms with Gasteiger partial charge in [-0.1, -0.05) is 56.5 Å². The van der Waals surface area contributed by atoms with Crippen LogP contribution < -0.4 is 0 Å². The quantitative estimate of drug-likeness (QED) is 0.686. The van der Waals surface area contributed by atoms with E-state index < -0.39 is 0 Å². The molecule has 0 radical (unpaired) electrons. The van der Waals surface area contributed by atoms with E-state index in [1.807, 2.05) is 0 Å². The fourth-order valence-electron chi connectivity index (χ4n) is 2.55. The number of unbranched alkanes of at least 4 members (excludes halogenated alkanes) is 3. The maximum absolute atomic E-state index is 5.82. The smallest absolute Gasteiger partial charge is 0.157 e. The van der Waals surface area contributed by atoms with Gasteiger partial charge in [-0.25, -0.2) is 0 Å². The molecule has 0 unspecified atom stereocenters. The maximum Gasteiger partial charge on any atom is 0.157 e. The van der Waals surface area contributed by atoms with Crippen LogP contribution in [-0.4, -0.2) is 19.5 Å². The van der Waals surface area contributed by atoms with Crippen LogP contribution in [0.1, 0.15) is 44.6 Å². The van der Waals surface area contributed by atoms with Crippen molar-refractivity contribution in [3.63, 3.8) is 0 Å². The van der Waals surface area contributed by atoms with Gasteiger partial charge in [-0.3, -0.25) is 0 Å². The van der Waals surface area contributed by atoms with Crippen molar-refractivity contribution in [2.24, 2.45) is 5.92 Å². The first-order valence-corrected chi connectivity index (χ1v) is 7.65. The molecule has 2 heteroatoms. The Morgan fingerprint density at radius 2 is 1.74 bits per heavy atom. The lowest BCUT2D eigenvalue weighted by Gasteiger charge is -2.29. The summed E-state index contributed by atoms with van der Waals surface area (Å²) in [6.07, 6.45) is 7.29. The molecule has 0 N–H and O–H groups in total. The van der Waals surface area contributed by atoms with Crippen LogP contribution in [0.25, 0.3) is 0 Å². The Morgan fingerprint density at radius 1 is 1.00 bits per heavy atom. The Kier molecular flexibility index (Phi) is 6.38. The van der Waals surface area contributed by atoms with Crippen molar-refractivity contribution in [2.75, 3.05) is 13.2 Å². The van der Waals surface area contributed by atoms with Crippen LogP contribution in [-0.2, 0) is 15.9 Å². The molecular formula is C17H26O2. The fourth-order valence-corrected chi connectivity index (χ4v) is 2.55. The van der Waals surface area contributed by atoms with Crippen molar-refractivity contribution in [1.82, 2.24) is 0 Å². The summed E-state index contributed by atoms with van der Waals surface area (Å²) in [5, 5.41) is 0. The molecule has 1 heterocycles. The molecule has 0 aromatic heterocycles. The highest BCUT2D eigenvalue weighted by Gasteiger charge is 2.21. The third-order valence-corrected chi connectivity index (χ3v) is 3.70. The average molecular weight is 262 g/mol. The van der Waals surface area contributed by atoms with Gasteiger partial charge in [0.1, 0.15) is 0 Å². The molecule has 2 nitrogen and oxygen atoms in total. The van der Waals surface area contributed by atoms with Crippen LogP contribution in [0.4, 0.5) is 0 Å². The van der Waals surface area contributed by atoms with Crippen molar-refractivity contribution >= 4 is 0 Å². The second-order valence-corrected chi connectivity index (χ2v) is 5.50. The molecule has 0 spiro atoms. The van der Waals surface area contributed by atoms with E-state index in [0.717, 1.165) is 26.1 Å². The highest BCUT2D eigenvalue weighted by molar-refractivity contribution is 5.15. The predicted molar refractivity (Wildman–Crippen MR) is 78.1 cm³/mol. The third kappa shape index (κ3) is 5.33. The lowest BCUT2D eigenvalue weighted by Crippen LogP contribution is -2.33. The topological polar surface area (TPSA) is 18.5 Å². The van der Waals surface area contributed by atoms with Gasteiger partial charge in [0.15, 0.2) is 6.29 Å². The molecule has 2 rings (SSSR count). The van der Waals surface area contributed by atoms with E-state index in [1.165, 1.54) is 31.2 Å². The summed E-state index contributed by atoms with van der Waals surface area (Å²) >= 11 is 0. The molecule has 0 aliphatic carbocycles. The summed E-state index contributed by atoms with van der Waals surface area (Å²) in [4.78, 5) is 0. The number of ether oxygens (including phenoxy) is 2. The summed E-state index contributed by atoms with van der Waals surface area (Å²) in [6, 6.07) is 10.6. The SMILES string of the molecule is CCCCCCC1OCC(Cc2ccccc2)CO1. The van der Waals surface area contributed by atoms with Gasteiger partial charge in [-0.15, -0.1) is 0 Å². The summed E-state index contributed by atoms with van der Waals surface area (Å²) in [5.74, 6) is 0.509. The van der Waals surface area contributed by atoms with E-state index in [2.05, 4.69) is 37.3 Å². The molecule has 0 bridgehead atoms. The van der Waals surface area contributed by atoms with E-state index >= 15 is 0 Å². The van der Waals surface area contributed by atoms with Gasteiger partial charge in [-0.2, -0.15) is 0 Å². The molecule has 1 aliphatic rings. The van der Waals surface area contributed by atoms with Crippen molar-refractivity contribution in [3.8, 4) is 0 Å². The first-order valence-electron chi connectivity index (χ1n) is 7.65. The van der Waals surface area contributed by atoms with Crippen molar-refractivity contribution < 1.29 is 9.47 Å². The third-order valence-electron chi connectivity index (χ3n) is 3.70. The maximum atomic E-state index is 5.82. The van der Waals surface area contributed by atoms with Gasteiger partial charge in [0.25, 0.3) is 0 Å². The summed E-state index contributed by atoms with van der Waals surface area (Å²) in [7, 11) is 0. The highest BCUT2D eigenvalue weighted by atomic mass is 16.7. The number of rotatable bonds is 7. The first-order chi connectivity index (χ1) is 9.38. The summed E-state index contributed by atoms with van der Waals surface area (Å²) in [5.41, 5.74) is 1.38. The van der Waals surface area contributed by atoms with Gasteiger partial charge in [0.05, 0.1) is 13.2 Å². The molecule has 19 heavy (non-hydrogen) atoms. The van der Waals surface area contributed by atoms with Gasteiger partial charge in [-0.05, 0) is 24.8 Å². The zero-order chi connectivity index (χ0) is 13.3. The Hall–Kier alpha value is -0.860. The van der Waals surface area contributed by atoms with E-state index in [1.54, 1.807) is 0 Å². The largest absolute Gasteiger partial charge is 0.352 e. The Bertz CT molecular complexity index is 328. The lowest BCUT2D eigenvalue weighted by atomic mass is 10.0. The summed E-state index contributed by atoms with van der Waals surface area (Å²) in [6.45, 7) is 3.92. The monoisotopic (exact) mass is 262 g/mol. The minimum atomic E-state index is 0.0453. The first kappa shape index (κ1) is 14.5. The minimum Gasteiger partial charge on any atom is -0.352 e. The van der Waals surface area contributed by atoms with Gasteiger partial charge < -0.3 is 9.47 Å². The molecule has 1 saturated heterocycles. The van der Waals surface area contributed by atoms with E-state index in [0.29, 0.717) is 5.92 Å². The fraction of sp³-hybridized carbons (Fsp3) is 0.647. The van der Waals surface area contributed by atoms with Crippen LogP contribution in [0.15, 0.2) is 30.3 Å². The summed E-state index contributed by atoms with van der Waals surface area (Å²) < 4.78 is 11.6. The van der Waals surface area contributed by atoms with E-state index in [9.17, 15) is 0 Å². The number of hydrogen-bond acceptors (Lipinski definition) is 2. The second kappa shape index (κ2) is 8.34. The van der Waals surface area contributed by atoms with Crippen LogP contribution in [0.2, 0.25) is 0 Å². The van der Waals surface area contributed by atoms with Gasteiger partial charge >= 0.3 is 0 Å². The standard InChI is InChI=1S/C17H26O2/c1-2-3-4-8-11-17-18-13-16(14-19-17)12-15-9-6-5-7-10-15/h5-7,9-10,16-17H,2-4,8,11-14H2,1H3. The Labute approximate surface area is 117 Å². The Morgan fingerprint density at radius 3 is 2.42 bits per heavy atom. The van der Waals surface area contributed by atoms with Gasteiger partial charge in [0, 0.05) is 5.92 Å². The van der Waals surface area contributed by atoms with Crippen LogP contribution in [0.5, 0.6) is 0 Å². The average Bonchev–Trinajstić information content (AvgIpc) is 2.46. The zero-order valence-corrected chi connectivity index (χ0v) is 12.0.